The lowest BCUT2D eigenvalue weighted by Gasteiger charge is -2.33. The van der Waals surface area contributed by atoms with Gasteiger partial charge in [0, 0.05) is 40.0 Å². The van der Waals surface area contributed by atoms with Gasteiger partial charge in [0.1, 0.15) is 23.1 Å². The van der Waals surface area contributed by atoms with Crippen LogP contribution >= 0.6 is 131 Å². The number of rotatable bonds is 12. The molecule has 1 aromatic heterocycles. The van der Waals surface area contributed by atoms with Crippen LogP contribution in [0.5, 0.6) is 23.0 Å². The minimum Gasteiger partial charge on any atom is -0.493 e. The molecule has 640 valence electrons. The Kier molecular flexibility index (Phi) is 46.7. The number of aryl methyl sites for hydroxylation is 2. The molecule has 0 bridgehead atoms. The summed E-state index contributed by atoms with van der Waals surface area (Å²) in [6.07, 6.45) is -8.24. The first-order valence-corrected chi connectivity index (χ1v) is 44.7. The summed E-state index contributed by atoms with van der Waals surface area (Å²) in [6.45, 7) is 51.5. The van der Waals surface area contributed by atoms with Gasteiger partial charge in [0.05, 0.1) is 32.6 Å². The van der Waals surface area contributed by atoms with E-state index in [9.17, 15) is 26.3 Å². The summed E-state index contributed by atoms with van der Waals surface area (Å²) in [6, 6.07) is 54.5. The molecule has 3 heterocycles. The molecule has 0 radical (unpaired) electrons. The Hall–Kier alpha value is -5.30. The van der Waals surface area contributed by atoms with E-state index in [4.69, 9.17) is 90.7 Å². The van der Waals surface area contributed by atoms with Crippen molar-refractivity contribution in [2.24, 2.45) is 0 Å². The molecule has 0 aliphatic carbocycles. The molecule has 117 heavy (non-hydrogen) atoms. The normalized spacial score (nSPS) is 12.5. The monoisotopic (exact) mass is 1940 g/mol. The summed E-state index contributed by atoms with van der Waals surface area (Å²) in [5.41, 5.74) is 15.0. The van der Waals surface area contributed by atoms with Crippen molar-refractivity contribution in [3.05, 3.63) is 307 Å². The van der Waals surface area contributed by atoms with Gasteiger partial charge >= 0.3 is 12.2 Å². The Morgan fingerprint density at radius 3 is 1.34 bits per heavy atom. The quantitative estimate of drug-likeness (QED) is 0.0902. The van der Waals surface area contributed by atoms with Gasteiger partial charge in [-0.05, 0) is 255 Å². The van der Waals surface area contributed by atoms with E-state index in [1.165, 1.54) is 88.3 Å². The fourth-order valence-corrected chi connectivity index (χ4v) is 16.1. The molecule has 9 aromatic carbocycles. The number of fused-ring (bicyclic) bond motifs is 2. The lowest BCUT2D eigenvalue weighted by Crippen LogP contribution is -2.52. The smallest absolute Gasteiger partial charge is 0.493 e. The molecule has 0 amide bonds. The predicted octanol–water partition coefficient (Wildman–Crippen LogP) is 36.6. The van der Waals surface area contributed by atoms with Crippen LogP contribution in [0.25, 0.3) is 0 Å². The molecule has 0 N–H and O–H groups in total. The maximum atomic E-state index is 13.1. The molecular formula is C97H117BrCl7F6IO4S. The molecule has 0 spiro atoms. The van der Waals surface area contributed by atoms with Crippen LogP contribution < -0.4 is 18.9 Å². The van der Waals surface area contributed by atoms with Gasteiger partial charge in [-0.25, -0.2) is 8.78 Å². The molecule has 2 aliphatic rings. The van der Waals surface area contributed by atoms with Crippen LogP contribution in [0, 0.1) is 36.0 Å². The molecule has 0 saturated heterocycles. The van der Waals surface area contributed by atoms with Gasteiger partial charge < -0.3 is 18.9 Å². The largest absolute Gasteiger partial charge is 0.507 e. The number of thiophene rings is 1. The van der Waals surface area contributed by atoms with Crippen molar-refractivity contribution in [2.45, 2.75) is 244 Å². The second kappa shape index (κ2) is 51.6. The second-order valence-corrected chi connectivity index (χ2v) is 37.2. The molecule has 2 aliphatic heterocycles. The third-order valence-corrected chi connectivity index (χ3v) is 24.0. The zero-order valence-corrected chi connectivity index (χ0v) is 81.7. The highest BCUT2D eigenvalue weighted by molar-refractivity contribution is 14.1. The summed E-state index contributed by atoms with van der Waals surface area (Å²) < 4.78 is 100. The Morgan fingerprint density at radius 2 is 0.889 bits per heavy atom. The molecule has 12 rings (SSSR count). The van der Waals surface area contributed by atoms with E-state index in [0.29, 0.717) is 70.1 Å². The molecule has 0 saturated carbocycles. The Balaban J connectivity index is 0.000000338. The summed E-state index contributed by atoms with van der Waals surface area (Å²) in [4.78, 5) is 1.36. The molecule has 20 heteroatoms. The number of alkyl halides is 4. The van der Waals surface area contributed by atoms with Gasteiger partial charge in [-0.3, -0.25) is 0 Å². The van der Waals surface area contributed by atoms with Gasteiger partial charge in [-0.1, -0.05) is 333 Å². The van der Waals surface area contributed by atoms with Crippen molar-refractivity contribution in [2.75, 3.05) is 13.2 Å². The van der Waals surface area contributed by atoms with Crippen molar-refractivity contribution in [3.8, 4) is 23.0 Å². The summed E-state index contributed by atoms with van der Waals surface area (Å²) in [5.74, 6) is 5.10. The average Bonchev–Trinajstić information content (AvgIpc) is 1.26. The third-order valence-electron chi connectivity index (χ3n) is 18.3. The lowest BCUT2D eigenvalue weighted by molar-refractivity contribution is -0.391. The SMILES string of the molecule is CC(C)c1cc(Cl)ccc1Br.CC(C)c1ccc(Cl)s1.CC(C)c1cccc(Cl)c1F.CC(C)c1cccc(Cl)c1I.CC(C)c1cccc2c1OC(F)(F)C(F)(F)O2.CC(C)c1cccc2c1OCC2.CCOc1c(Cl)cccc1C(C)C.Cc1c(Cl)cccc1C(C)C.Cc1ccc(F)cc1C(C)C.Cc1cccc(Cl)c1C(C)C. The van der Waals surface area contributed by atoms with Crippen LogP contribution in [0.15, 0.2) is 180 Å². The highest BCUT2D eigenvalue weighted by atomic mass is 127. The van der Waals surface area contributed by atoms with E-state index in [0.717, 1.165) is 59.0 Å². The number of ether oxygens (including phenoxy) is 4. The van der Waals surface area contributed by atoms with Crippen LogP contribution in [0.4, 0.5) is 26.3 Å². The maximum Gasteiger partial charge on any atom is 0.507 e. The Morgan fingerprint density at radius 1 is 0.427 bits per heavy atom. The van der Waals surface area contributed by atoms with E-state index >= 15 is 0 Å². The average molecular weight is 1950 g/mol. The zero-order chi connectivity index (χ0) is 88.7. The van der Waals surface area contributed by atoms with Gasteiger partial charge in [0.15, 0.2) is 11.5 Å². The Labute approximate surface area is 757 Å². The van der Waals surface area contributed by atoms with Crippen LogP contribution in [0.2, 0.25) is 34.5 Å². The third kappa shape index (κ3) is 34.2. The molecule has 0 unspecified atom stereocenters. The van der Waals surface area contributed by atoms with Crippen LogP contribution in [0.3, 0.4) is 0 Å². The zero-order valence-electron chi connectivity index (χ0n) is 71.8. The molecule has 0 atom stereocenters. The maximum absolute atomic E-state index is 13.1. The summed E-state index contributed by atoms with van der Waals surface area (Å²) in [5, 5.41) is 4.33. The minimum atomic E-state index is -4.66. The van der Waals surface area contributed by atoms with Crippen LogP contribution in [-0.2, 0) is 6.42 Å². The standard InChI is InChI=1S/C11H15ClO.C11H10F4O2.C11H14O.2C10H13Cl.C10H13F.C9H10BrCl.C9H10ClF.C9H10ClI.C7H9ClS/c1-4-13-11-9(8(2)3)6-5-7-10(11)12;1-6(2)7-4-3-5-8-9(7)17-11(14,15)10(12,13)16-8;1-8(2)10-5-3-4-9-6-7-12-11(9)10;1-7(2)9-5-4-6-10(11)8(9)3;1-7(2)10-8(3)5-4-6-9(10)11;1-7(2)10-6-9(11)5-4-8(10)3;1-6(2)8-5-7(11)3-4-9(8)10;2*1-6(2)7-4-3-5-8(10)9(7)11;1-5(2)6-3-4-7(8)9-6/h5-8H,4H2,1-3H3;3-6H,1-2H3;3-5,8H,6-7H2,1-2H3;3*4-7H,1-3H3;3*3-6H,1-2H3;3-5H,1-2H3. The highest BCUT2D eigenvalue weighted by Gasteiger charge is 2.66. The number of para-hydroxylation sites is 3. The minimum absolute atomic E-state index is 0.140. The molecule has 10 aromatic rings. The first kappa shape index (κ1) is 106. The number of hydrogen-bond donors (Lipinski definition) is 0. The topological polar surface area (TPSA) is 36.9 Å². The highest BCUT2D eigenvalue weighted by Crippen LogP contribution is 2.50. The van der Waals surface area contributed by atoms with Gasteiger partial charge in [-0.2, -0.15) is 17.6 Å². The fourth-order valence-electron chi connectivity index (χ4n) is 11.9. The summed E-state index contributed by atoms with van der Waals surface area (Å²) >= 11 is 48.5. The van der Waals surface area contributed by atoms with Crippen molar-refractivity contribution < 1.29 is 45.3 Å². The Bertz CT molecular complexity index is 4460. The van der Waals surface area contributed by atoms with Gasteiger partial charge in [-0.15, -0.1) is 11.3 Å². The fraction of sp³-hybridized carbons (Fsp3) is 0.402. The van der Waals surface area contributed by atoms with Crippen molar-refractivity contribution in [1.82, 2.24) is 0 Å². The molecule has 0 fully saturated rings. The van der Waals surface area contributed by atoms with E-state index in [1.54, 1.807) is 49.4 Å². The second-order valence-electron chi connectivity index (χ2n) is 31.0. The van der Waals surface area contributed by atoms with Gasteiger partial charge in [0.25, 0.3) is 0 Å². The number of hydrogen-bond acceptors (Lipinski definition) is 5. The van der Waals surface area contributed by atoms with Crippen LogP contribution in [0.1, 0.15) is 282 Å². The predicted molar refractivity (Wildman–Crippen MR) is 504 cm³/mol. The van der Waals surface area contributed by atoms with Crippen molar-refractivity contribution in [1.29, 1.82) is 0 Å². The first-order chi connectivity index (χ1) is 54.6. The van der Waals surface area contributed by atoms with E-state index in [-0.39, 0.29) is 40.0 Å². The first-order valence-electron chi connectivity index (χ1n) is 39.4. The molecule has 4 nitrogen and oxygen atoms in total. The van der Waals surface area contributed by atoms with E-state index < -0.39 is 12.2 Å². The van der Waals surface area contributed by atoms with Crippen molar-refractivity contribution in [3.63, 3.8) is 0 Å². The summed E-state index contributed by atoms with van der Waals surface area (Å²) in [7, 11) is 0. The van der Waals surface area contributed by atoms with Crippen molar-refractivity contribution >= 4 is 131 Å². The lowest BCUT2D eigenvalue weighted by atomic mass is 9.98. The molecular weight excluding hydrogens is 1830 g/mol. The van der Waals surface area contributed by atoms with E-state index in [2.05, 4.69) is 221 Å². The number of halogens is 15. The number of benzene rings is 9. The van der Waals surface area contributed by atoms with Gasteiger partial charge in [0.2, 0.25) is 0 Å². The van der Waals surface area contributed by atoms with E-state index in [1.807, 2.05) is 107 Å². The van der Waals surface area contributed by atoms with Crippen LogP contribution in [-0.4, -0.2) is 25.4 Å².